The Hall–Kier alpha value is -1.52. The molecule has 0 aromatic heterocycles. The zero-order valence-electron chi connectivity index (χ0n) is 11.7. The molecule has 0 radical (unpaired) electrons. The molecule has 0 saturated heterocycles. The SMILES string of the molecule is COc1cc(Br)c(C(=O)Cc2cccc(Cl)c2)cc1OC. The number of benzene rings is 2. The summed E-state index contributed by atoms with van der Waals surface area (Å²) in [5, 5.41) is 0.617. The molecule has 0 aliphatic heterocycles. The zero-order chi connectivity index (χ0) is 15.4. The van der Waals surface area contributed by atoms with Gasteiger partial charge in [-0.25, -0.2) is 0 Å². The van der Waals surface area contributed by atoms with Crippen LogP contribution in [0.25, 0.3) is 0 Å². The van der Waals surface area contributed by atoms with Crippen molar-refractivity contribution in [3.8, 4) is 11.5 Å². The molecule has 21 heavy (non-hydrogen) atoms. The van der Waals surface area contributed by atoms with Gasteiger partial charge in [0, 0.05) is 21.5 Å². The highest BCUT2D eigenvalue weighted by atomic mass is 79.9. The van der Waals surface area contributed by atoms with Crippen LogP contribution in [0.2, 0.25) is 5.02 Å². The highest BCUT2D eigenvalue weighted by Crippen LogP contribution is 2.33. The Morgan fingerprint density at radius 2 is 1.81 bits per heavy atom. The van der Waals surface area contributed by atoms with E-state index in [1.807, 2.05) is 12.1 Å². The maximum Gasteiger partial charge on any atom is 0.168 e. The van der Waals surface area contributed by atoms with Crippen molar-refractivity contribution in [2.75, 3.05) is 14.2 Å². The van der Waals surface area contributed by atoms with E-state index in [0.717, 1.165) is 5.56 Å². The van der Waals surface area contributed by atoms with Crippen molar-refractivity contribution < 1.29 is 14.3 Å². The van der Waals surface area contributed by atoms with Crippen LogP contribution in [0.1, 0.15) is 15.9 Å². The number of Topliss-reactive ketones (excluding diaryl/α,β-unsaturated/α-hetero) is 1. The molecule has 110 valence electrons. The first-order valence-corrected chi connectivity index (χ1v) is 7.41. The first kappa shape index (κ1) is 15.9. The quantitative estimate of drug-likeness (QED) is 0.726. The Morgan fingerprint density at radius 1 is 1.14 bits per heavy atom. The Balaban J connectivity index is 2.31. The van der Waals surface area contributed by atoms with Crippen LogP contribution in [0, 0.1) is 0 Å². The fourth-order valence-electron chi connectivity index (χ4n) is 2.00. The highest BCUT2D eigenvalue weighted by molar-refractivity contribution is 9.10. The second-order valence-electron chi connectivity index (χ2n) is 4.42. The number of ketones is 1. The molecule has 0 fully saturated rings. The maximum absolute atomic E-state index is 12.4. The Kier molecular flexibility index (Phi) is 5.26. The normalized spacial score (nSPS) is 10.3. The molecule has 0 spiro atoms. The molecule has 0 aliphatic carbocycles. The lowest BCUT2D eigenvalue weighted by molar-refractivity contribution is 0.0992. The van der Waals surface area contributed by atoms with Gasteiger partial charge in [-0.05, 0) is 45.8 Å². The van der Waals surface area contributed by atoms with Crippen molar-refractivity contribution in [3.63, 3.8) is 0 Å². The van der Waals surface area contributed by atoms with Gasteiger partial charge >= 0.3 is 0 Å². The Morgan fingerprint density at radius 3 is 2.43 bits per heavy atom. The minimum Gasteiger partial charge on any atom is -0.493 e. The van der Waals surface area contributed by atoms with E-state index in [1.54, 1.807) is 31.4 Å². The van der Waals surface area contributed by atoms with Crippen LogP contribution in [0.5, 0.6) is 11.5 Å². The molecule has 2 aromatic carbocycles. The van der Waals surface area contributed by atoms with E-state index in [2.05, 4.69) is 15.9 Å². The minimum absolute atomic E-state index is 0.0231. The van der Waals surface area contributed by atoms with E-state index in [-0.39, 0.29) is 12.2 Å². The van der Waals surface area contributed by atoms with Gasteiger partial charge in [-0.3, -0.25) is 4.79 Å². The first-order chi connectivity index (χ1) is 10.0. The molecule has 2 aromatic rings. The highest BCUT2D eigenvalue weighted by Gasteiger charge is 2.16. The van der Waals surface area contributed by atoms with Crippen molar-refractivity contribution >= 4 is 33.3 Å². The molecular formula is C16H14BrClO3. The molecule has 0 heterocycles. The molecule has 0 saturated carbocycles. The summed E-state index contributed by atoms with van der Waals surface area (Å²) in [6, 6.07) is 10.7. The molecule has 0 bridgehead atoms. The van der Waals surface area contributed by atoms with Crippen LogP contribution in [0.15, 0.2) is 40.9 Å². The predicted molar refractivity (Wildman–Crippen MR) is 86.7 cm³/mol. The molecule has 0 unspecified atom stereocenters. The number of methoxy groups -OCH3 is 2. The Labute approximate surface area is 137 Å². The fourth-order valence-corrected chi connectivity index (χ4v) is 2.75. The number of rotatable bonds is 5. The van der Waals surface area contributed by atoms with Crippen molar-refractivity contribution in [2.45, 2.75) is 6.42 Å². The smallest absolute Gasteiger partial charge is 0.168 e. The number of hydrogen-bond acceptors (Lipinski definition) is 3. The van der Waals surface area contributed by atoms with Crippen LogP contribution in [-0.4, -0.2) is 20.0 Å². The monoisotopic (exact) mass is 368 g/mol. The molecule has 0 aliphatic rings. The third-order valence-electron chi connectivity index (χ3n) is 3.03. The van der Waals surface area contributed by atoms with E-state index in [9.17, 15) is 4.79 Å². The third kappa shape index (κ3) is 3.77. The molecule has 0 N–H and O–H groups in total. The van der Waals surface area contributed by atoms with E-state index >= 15 is 0 Å². The molecule has 0 atom stereocenters. The van der Waals surface area contributed by atoms with Gasteiger partial charge in [-0.15, -0.1) is 0 Å². The summed E-state index contributed by atoms with van der Waals surface area (Å²) in [7, 11) is 3.09. The van der Waals surface area contributed by atoms with Crippen LogP contribution >= 0.6 is 27.5 Å². The van der Waals surface area contributed by atoms with Crippen LogP contribution in [0.4, 0.5) is 0 Å². The minimum atomic E-state index is -0.0231. The lowest BCUT2D eigenvalue weighted by Gasteiger charge is -2.11. The summed E-state index contributed by atoms with van der Waals surface area (Å²) >= 11 is 9.33. The Bertz CT molecular complexity index is 671. The van der Waals surface area contributed by atoms with Crippen molar-refractivity contribution in [2.24, 2.45) is 0 Å². The topological polar surface area (TPSA) is 35.5 Å². The largest absolute Gasteiger partial charge is 0.493 e. The average Bonchev–Trinajstić information content (AvgIpc) is 2.46. The summed E-state index contributed by atoms with van der Waals surface area (Å²) in [5.41, 5.74) is 1.42. The van der Waals surface area contributed by atoms with Gasteiger partial charge in [-0.2, -0.15) is 0 Å². The number of carbonyl (C=O) groups is 1. The number of carbonyl (C=O) groups excluding carboxylic acids is 1. The zero-order valence-corrected chi connectivity index (χ0v) is 14.0. The molecular weight excluding hydrogens is 356 g/mol. The van der Waals surface area contributed by atoms with Crippen LogP contribution in [0.3, 0.4) is 0 Å². The first-order valence-electron chi connectivity index (χ1n) is 6.24. The van der Waals surface area contributed by atoms with E-state index < -0.39 is 0 Å². The van der Waals surface area contributed by atoms with Gasteiger partial charge in [0.05, 0.1) is 14.2 Å². The van der Waals surface area contributed by atoms with Gasteiger partial charge in [0.15, 0.2) is 17.3 Å². The number of hydrogen-bond donors (Lipinski definition) is 0. The van der Waals surface area contributed by atoms with Crippen LogP contribution in [-0.2, 0) is 6.42 Å². The van der Waals surface area contributed by atoms with Gasteiger partial charge in [0.2, 0.25) is 0 Å². The fraction of sp³-hybridized carbons (Fsp3) is 0.188. The lowest BCUT2D eigenvalue weighted by atomic mass is 10.0. The van der Waals surface area contributed by atoms with Gasteiger partial charge in [-0.1, -0.05) is 23.7 Å². The maximum atomic E-state index is 12.4. The van der Waals surface area contributed by atoms with Gasteiger partial charge < -0.3 is 9.47 Å². The summed E-state index contributed by atoms with van der Waals surface area (Å²) in [6.07, 6.45) is 0.272. The van der Waals surface area contributed by atoms with Gasteiger partial charge in [0.25, 0.3) is 0 Å². The lowest BCUT2D eigenvalue weighted by Crippen LogP contribution is -2.05. The van der Waals surface area contributed by atoms with Crippen molar-refractivity contribution in [3.05, 3.63) is 57.0 Å². The van der Waals surface area contributed by atoms with E-state index in [4.69, 9.17) is 21.1 Å². The van der Waals surface area contributed by atoms with Crippen molar-refractivity contribution in [1.82, 2.24) is 0 Å². The summed E-state index contributed by atoms with van der Waals surface area (Å²) < 4.78 is 11.1. The second-order valence-corrected chi connectivity index (χ2v) is 5.71. The van der Waals surface area contributed by atoms with Crippen LogP contribution < -0.4 is 9.47 Å². The number of halogens is 2. The predicted octanol–water partition coefficient (Wildman–Crippen LogP) is 4.55. The van der Waals surface area contributed by atoms with Crippen molar-refractivity contribution in [1.29, 1.82) is 0 Å². The molecule has 0 amide bonds. The summed E-state index contributed by atoms with van der Waals surface area (Å²) in [4.78, 5) is 12.4. The van der Waals surface area contributed by atoms with E-state index in [1.165, 1.54) is 7.11 Å². The third-order valence-corrected chi connectivity index (χ3v) is 3.92. The summed E-state index contributed by atoms with van der Waals surface area (Å²) in [6.45, 7) is 0. The van der Waals surface area contributed by atoms with Gasteiger partial charge in [0.1, 0.15) is 0 Å². The average molecular weight is 370 g/mol. The van der Waals surface area contributed by atoms with E-state index in [0.29, 0.717) is 26.6 Å². The molecule has 2 rings (SSSR count). The number of ether oxygens (including phenoxy) is 2. The molecule has 3 nitrogen and oxygen atoms in total. The summed E-state index contributed by atoms with van der Waals surface area (Å²) in [5.74, 6) is 1.07. The molecule has 5 heteroatoms. The standard InChI is InChI=1S/C16H14BrClO3/c1-20-15-8-12(13(17)9-16(15)21-2)14(19)7-10-4-3-5-11(18)6-10/h3-6,8-9H,7H2,1-2H3. The second kappa shape index (κ2) is 6.96.